The number of nitrogens with one attached hydrogen (secondary N) is 3. The first kappa shape index (κ1) is 19.3. The molecule has 0 aliphatic carbocycles. The molecule has 150 valence electrons. The van der Waals surface area contributed by atoms with Gasteiger partial charge >= 0.3 is 0 Å². The van der Waals surface area contributed by atoms with Crippen LogP contribution in [0.4, 0.5) is 17.1 Å². The molecule has 3 N–H and O–H groups in total. The molecule has 4 rings (SSSR count). The van der Waals surface area contributed by atoms with Gasteiger partial charge in [-0.2, -0.15) is 0 Å². The topological polar surface area (TPSA) is 100 Å². The van der Waals surface area contributed by atoms with Crippen molar-refractivity contribution in [3.05, 3.63) is 72.4 Å². The van der Waals surface area contributed by atoms with Crippen molar-refractivity contribution in [3.8, 4) is 0 Å². The van der Waals surface area contributed by atoms with Crippen molar-refractivity contribution in [3.63, 3.8) is 0 Å². The number of carbonyl (C=O) groups is 1. The Balaban J connectivity index is 1.70. The number of fused-ring (bicyclic) bond motifs is 1. The maximum atomic E-state index is 12.3. The molecule has 7 nitrogen and oxygen atoms in total. The molecule has 0 saturated carbocycles. The normalized spacial score (nSPS) is 14.2. The zero-order valence-electron chi connectivity index (χ0n) is 16.2. The Bertz CT molecular complexity index is 1190. The van der Waals surface area contributed by atoms with Crippen LogP contribution in [0.5, 0.6) is 0 Å². The Hall–Kier alpha value is -3.06. The van der Waals surface area contributed by atoms with Gasteiger partial charge in [0, 0.05) is 6.54 Å². The number of benzene rings is 1. The number of rotatable bonds is 6. The summed E-state index contributed by atoms with van der Waals surface area (Å²) < 4.78 is 5.71. The molecule has 0 radical (unpaired) electrons. The van der Waals surface area contributed by atoms with Gasteiger partial charge in [-0.3, -0.25) is 14.4 Å². The molecule has 1 amide bonds. The molecule has 1 atom stereocenters. The third-order valence-corrected chi connectivity index (χ3v) is 5.42. The van der Waals surface area contributed by atoms with Crippen LogP contribution in [0.2, 0.25) is 5.02 Å². The van der Waals surface area contributed by atoms with E-state index in [0.29, 0.717) is 28.6 Å². The Morgan fingerprint density at radius 2 is 1.76 bits per heavy atom. The number of anilines is 3. The number of aryl methyl sites for hydroxylation is 1. The molecule has 3 aromatic rings. The third kappa shape index (κ3) is 3.21. The second kappa shape index (κ2) is 7.08. The lowest BCUT2D eigenvalue weighted by molar-refractivity contribution is 0.0966. The van der Waals surface area contributed by atoms with Gasteiger partial charge in [-0.25, -0.2) is 0 Å². The Morgan fingerprint density at radius 3 is 2.41 bits per heavy atom. The van der Waals surface area contributed by atoms with Gasteiger partial charge in [0.1, 0.15) is 22.9 Å². The van der Waals surface area contributed by atoms with E-state index in [4.69, 9.17) is 16.0 Å². The summed E-state index contributed by atoms with van der Waals surface area (Å²) in [7, 11) is 0. The van der Waals surface area contributed by atoms with E-state index in [0.717, 1.165) is 11.3 Å². The highest BCUT2D eigenvalue weighted by atomic mass is 35.5. The molecule has 1 aliphatic rings. The molecule has 1 aliphatic heterocycles. The zero-order chi connectivity index (χ0) is 20.9. The SMILES string of the molecule is Cc1ccc([C@H](Nc2c(Nc3c(Cl)ccc4c3C(=O)NC4)c(=O)c2=O)C(C)C)o1. The van der Waals surface area contributed by atoms with Gasteiger partial charge in [-0.05, 0) is 36.6 Å². The van der Waals surface area contributed by atoms with Gasteiger partial charge in [0.25, 0.3) is 16.8 Å². The Labute approximate surface area is 171 Å². The molecule has 2 aromatic carbocycles. The van der Waals surface area contributed by atoms with Crippen LogP contribution >= 0.6 is 11.6 Å². The van der Waals surface area contributed by atoms with Crippen LogP contribution < -0.4 is 26.8 Å². The predicted octanol–water partition coefficient (Wildman–Crippen LogP) is 3.63. The molecule has 1 aromatic heterocycles. The van der Waals surface area contributed by atoms with Crippen molar-refractivity contribution in [2.45, 2.75) is 33.4 Å². The second-order valence-electron chi connectivity index (χ2n) is 7.49. The summed E-state index contributed by atoms with van der Waals surface area (Å²) in [4.78, 5) is 36.8. The quantitative estimate of drug-likeness (QED) is 0.533. The number of hydrogen-bond donors (Lipinski definition) is 3. The van der Waals surface area contributed by atoms with E-state index in [1.807, 2.05) is 32.9 Å². The first-order chi connectivity index (χ1) is 13.8. The largest absolute Gasteiger partial charge is 0.464 e. The standard InChI is InChI=1S/C21H20ClN3O4/c1-9(2)15(13-7-4-10(3)29-13)24-17-18(20(27)19(17)26)25-16-12(22)6-5-11-8-23-21(28)14(11)16/h4-7,9,15,24-25H,8H2,1-3H3,(H,23,28)/t15-/m1/s1. The smallest absolute Gasteiger partial charge is 0.254 e. The minimum absolute atomic E-state index is 0.0909. The zero-order valence-corrected chi connectivity index (χ0v) is 16.9. The van der Waals surface area contributed by atoms with Crippen LogP contribution in [0, 0.1) is 12.8 Å². The molecule has 0 fully saturated rings. The minimum atomic E-state index is -0.655. The number of halogens is 1. The van der Waals surface area contributed by atoms with E-state index < -0.39 is 10.9 Å². The highest BCUT2D eigenvalue weighted by Gasteiger charge is 2.30. The number of furan rings is 1. The average molecular weight is 414 g/mol. The van der Waals surface area contributed by atoms with Crippen LogP contribution in [0.3, 0.4) is 0 Å². The van der Waals surface area contributed by atoms with E-state index in [2.05, 4.69) is 16.0 Å². The van der Waals surface area contributed by atoms with Crippen LogP contribution in [0.15, 0.2) is 38.3 Å². The summed E-state index contributed by atoms with van der Waals surface area (Å²) in [6.07, 6.45) is 0. The van der Waals surface area contributed by atoms with E-state index in [-0.39, 0.29) is 29.2 Å². The minimum Gasteiger partial charge on any atom is -0.464 e. The lowest BCUT2D eigenvalue weighted by Crippen LogP contribution is -2.38. The highest BCUT2D eigenvalue weighted by molar-refractivity contribution is 6.34. The maximum absolute atomic E-state index is 12.3. The van der Waals surface area contributed by atoms with Crippen molar-refractivity contribution in [1.29, 1.82) is 0 Å². The van der Waals surface area contributed by atoms with Gasteiger partial charge < -0.3 is 20.4 Å². The molecular weight excluding hydrogens is 394 g/mol. The van der Waals surface area contributed by atoms with Crippen LogP contribution in [-0.4, -0.2) is 5.91 Å². The van der Waals surface area contributed by atoms with Gasteiger partial charge in [-0.15, -0.1) is 0 Å². The van der Waals surface area contributed by atoms with Crippen molar-refractivity contribution in [2.75, 3.05) is 10.6 Å². The molecule has 0 bridgehead atoms. The fraction of sp³-hybridized carbons (Fsp3) is 0.286. The predicted molar refractivity (Wildman–Crippen MR) is 112 cm³/mol. The van der Waals surface area contributed by atoms with Crippen molar-refractivity contribution in [2.24, 2.45) is 5.92 Å². The van der Waals surface area contributed by atoms with Crippen LogP contribution in [-0.2, 0) is 6.54 Å². The molecular formula is C21H20ClN3O4. The van der Waals surface area contributed by atoms with Gasteiger partial charge in [0.2, 0.25) is 0 Å². The van der Waals surface area contributed by atoms with E-state index in [9.17, 15) is 14.4 Å². The van der Waals surface area contributed by atoms with E-state index in [1.165, 1.54) is 0 Å². The van der Waals surface area contributed by atoms with Crippen molar-refractivity contribution < 1.29 is 9.21 Å². The van der Waals surface area contributed by atoms with Crippen LogP contribution in [0.25, 0.3) is 0 Å². The maximum Gasteiger partial charge on any atom is 0.254 e. The summed E-state index contributed by atoms with van der Waals surface area (Å²) in [6, 6.07) is 6.81. The molecule has 0 unspecified atom stereocenters. The summed E-state index contributed by atoms with van der Waals surface area (Å²) in [5.41, 5.74) is 0.477. The van der Waals surface area contributed by atoms with Crippen molar-refractivity contribution in [1.82, 2.24) is 5.32 Å². The monoisotopic (exact) mass is 413 g/mol. The fourth-order valence-electron chi connectivity index (χ4n) is 3.53. The second-order valence-corrected chi connectivity index (χ2v) is 7.89. The number of carbonyl (C=O) groups excluding carboxylic acids is 1. The van der Waals surface area contributed by atoms with E-state index >= 15 is 0 Å². The van der Waals surface area contributed by atoms with Crippen molar-refractivity contribution >= 4 is 34.6 Å². The van der Waals surface area contributed by atoms with Crippen LogP contribution in [0.1, 0.15) is 47.3 Å². The fourth-order valence-corrected chi connectivity index (χ4v) is 3.73. The summed E-state index contributed by atoms with van der Waals surface area (Å²) in [5.74, 6) is 1.25. The summed E-state index contributed by atoms with van der Waals surface area (Å²) >= 11 is 6.29. The molecule has 29 heavy (non-hydrogen) atoms. The summed E-state index contributed by atoms with van der Waals surface area (Å²) in [6.45, 7) is 6.21. The highest BCUT2D eigenvalue weighted by Crippen LogP contribution is 2.36. The van der Waals surface area contributed by atoms with E-state index in [1.54, 1.807) is 12.1 Å². The molecule has 0 spiro atoms. The molecule has 8 heteroatoms. The van der Waals surface area contributed by atoms with Gasteiger partial charge in [0.15, 0.2) is 0 Å². The Morgan fingerprint density at radius 1 is 1.03 bits per heavy atom. The Kier molecular flexibility index (Phi) is 4.70. The lowest BCUT2D eigenvalue weighted by Gasteiger charge is -2.24. The first-order valence-corrected chi connectivity index (χ1v) is 9.68. The third-order valence-electron chi connectivity index (χ3n) is 5.10. The number of amides is 1. The van der Waals surface area contributed by atoms with Gasteiger partial charge in [0.05, 0.1) is 22.3 Å². The average Bonchev–Trinajstić information content (AvgIpc) is 3.28. The molecule has 0 saturated heterocycles. The number of hydrogen-bond acceptors (Lipinski definition) is 6. The first-order valence-electron chi connectivity index (χ1n) is 9.30. The molecule has 2 heterocycles. The van der Waals surface area contributed by atoms with Gasteiger partial charge in [-0.1, -0.05) is 31.5 Å². The summed E-state index contributed by atoms with van der Waals surface area (Å²) in [5, 5.41) is 9.10. The lowest BCUT2D eigenvalue weighted by atomic mass is 10.00.